The van der Waals surface area contributed by atoms with Gasteiger partial charge < -0.3 is 4.57 Å². The molecular weight excluding hydrogens is 414 g/mol. The highest BCUT2D eigenvalue weighted by Crippen LogP contribution is 2.38. The molecule has 0 radical (unpaired) electrons. The fourth-order valence-electron chi connectivity index (χ4n) is 3.60. The zero-order valence-electron chi connectivity index (χ0n) is 20.8. The summed E-state index contributed by atoms with van der Waals surface area (Å²) in [4.78, 5) is 0. The molecule has 6 rings (SSSR count). The first kappa shape index (κ1) is 10.1. The molecule has 3 heteroatoms. The number of para-hydroxylation sites is 1. The molecular formula is C24H14BrNS. The van der Waals surface area contributed by atoms with E-state index in [2.05, 4.69) is 22.0 Å². The summed E-state index contributed by atoms with van der Waals surface area (Å²) in [5.41, 5.74) is 1.02. The quantitative estimate of drug-likeness (QED) is 0.247. The Balaban J connectivity index is 1.89. The highest BCUT2D eigenvalue weighted by molar-refractivity contribution is 9.10. The monoisotopic (exact) mass is 434 g/mol. The lowest BCUT2D eigenvalue weighted by Gasteiger charge is -2.08. The van der Waals surface area contributed by atoms with Crippen molar-refractivity contribution in [2.75, 3.05) is 0 Å². The number of hydrogen-bond acceptors (Lipinski definition) is 1. The Morgan fingerprint density at radius 2 is 1.59 bits per heavy atom. The van der Waals surface area contributed by atoms with Crippen LogP contribution >= 0.6 is 27.3 Å². The molecule has 0 N–H and O–H groups in total. The molecule has 0 atom stereocenters. The van der Waals surface area contributed by atoms with E-state index in [1.165, 1.54) is 0 Å². The topological polar surface area (TPSA) is 4.93 Å². The second-order valence-electron chi connectivity index (χ2n) is 6.25. The average Bonchev–Trinajstić information content (AvgIpc) is 3.39. The van der Waals surface area contributed by atoms with Crippen LogP contribution in [0.5, 0.6) is 0 Å². The van der Waals surface area contributed by atoms with E-state index in [4.69, 9.17) is 9.60 Å². The number of benzene rings is 4. The number of aromatic nitrogens is 1. The number of hydrogen-bond donors (Lipinski definition) is 0. The molecule has 2 aromatic heterocycles. The Labute approximate surface area is 178 Å². The van der Waals surface area contributed by atoms with Crippen molar-refractivity contribution in [3.63, 3.8) is 0 Å². The van der Waals surface area contributed by atoms with Gasteiger partial charge in [-0.05, 0) is 48.4 Å². The molecule has 0 fully saturated rings. The van der Waals surface area contributed by atoms with Gasteiger partial charge in [0, 0.05) is 41.1 Å². The van der Waals surface area contributed by atoms with Crippen LogP contribution < -0.4 is 0 Å². The zero-order valence-corrected chi connectivity index (χ0v) is 16.2. The summed E-state index contributed by atoms with van der Waals surface area (Å²) < 4.78 is 63.4. The van der Waals surface area contributed by atoms with Gasteiger partial charge in [-0.3, -0.25) is 0 Å². The lowest BCUT2D eigenvalue weighted by Crippen LogP contribution is -1.93. The fourth-order valence-corrected chi connectivity index (χ4v) is 4.99. The van der Waals surface area contributed by atoms with Crippen LogP contribution in [-0.2, 0) is 0 Å². The van der Waals surface area contributed by atoms with Crippen LogP contribution in [0.2, 0.25) is 0 Å². The van der Waals surface area contributed by atoms with Crippen molar-refractivity contribution in [2.45, 2.75) is 0 Å². The minimum Gasteiger partial charge on any atom is -0.309 e. The van der Waals surface area contributed by atoms with Crippen molar-refractivity contribution in [1.82, 2.24) is 4.57 Å². The van der Waals surface area contributed by atoms with E-state index in [1.54, 1.807) is 15.9 Å². The highest BCUT2D eigenvalue weighted by Gasteiger charge is 2.13. The normalized spacial score (nSPS) is 15.5. The minimum absolute atomic E-state index is 0.0770. The van der Waals surface area contributed by atoms with Crippen LogP contribution in [0.3, 0.4) is 0 Å². The molecule has 0 unspecified atom stereocenters. The first-order valence-electron chi connectivity index (χ1n) is 11.8. The Kier molecular flexibility index (Phi) is 2.12. The summed E-state index contributed by atoms with van der Waals surface area (Å²) in [5.74, 6) is 0. The lowest BCUT2D eigenvalue weighted by molar-refractivity contribution is 1.19. The minimum atomic E-state index is -0.396. The van der Waals surface area contributed by atoms with E-state index in [1.807, 2.05) is 36.4 Å². The van der Waals surface area contributed by atoms with E-state index < -0.39 is 6.04 Å². The molecule has 0 aliphatic carbocycles. The van der Waals surface area contributed by atoms with Gasteiger partial charge in [-0.25, -0.2) is 0 Å². The number of thiophene rings is 1. The first-order valence-corrected chi connectivity index (χ1v) is 9.94. The van der Waals surface area contributed by atoms with E-state index >= 15 is 0 Å². The Morgan fingerprint density at radius 1 is 0.778 bits per heavy atom. The highest BCUT2D eigenvalue weighted by atomic mass is 79.9. The van der Waals surface area contributed by atoms with Gasteiger partial charge in [0.15, 0.2) is 0 Å². The van der Waals surface area contributed by atoms with Crippen molar-refractivity contribution in [3.8, 4) is 5.69 Å². The second kappa shape index (κ2) is 5.69. The van der Waals surface area contributed by atoms with Gasteiger partial charge >= 0.3 is 0 Å². The first-order chi connectivity index (χ1) is 16.2. The van der Waals surface area contributed by atoms with Crippen LogP contribution in [0.4, 0.5) is 0 Å². The summed E-state index contributed by atoms with van der Waals surface area (Å²) in [6.45, 7) is 0. The summed E-state index contributed by atoms with van der Waals surface area (Å²) in [6.07, 6.45) is 0. The van der Waals surface area contributed by atoms with Crippen LogP contribution in [0.1, 0.15) is 9.60 Å². The summed E-state index contributed by atoms with van der Waals surface area (Å²) in [7, 11) is 0. The number of rotatable bonds is 1. The maximum atomic E-state index is 8.72. The molecule has 27 heavy (non-hydrogen) atoms. The van der Waals surface area contributed by atoms with Crippen molar-refractivity contribution < 1.29 is 9.60 Å². The van der Waals surface area contributed by atoms with Gasteiger partial charge in [0.05, 0.1) is 20.6 Å². The van der Waals surface area contributed by atoms with Crippen molar-refractivity contribution in [2.24, 2.45) is 0 Å². The molecule has 0 amide bonds. The summed E-state index contributed by atoms with van der Waals surface area (Å²) >= 11 is 4.90. The smallest absolute Gasteiger partial charge is 0.0646 e. The molecule has 0 saturated carbocycles. The van der Waals surface area contributed by atoms with Gasteiger partial charge in [-0.2, -0.15) is 0 Å². The van der Waals surface area contributed by atoms with Crippen LogP contribution in [0.25, 0.3) is 47.7 Å². The van der Waals surface area contributed by atoms with Gasteiger partial charge in [-0.15, -0.1) is 11.3 Å². The largest absolute Gasteiger partial charge is 0.309 e. The van der Waals surface area contributed by atoms with Gasteiger partial charge in [-0.1, -0.05) is 52.3 Å². The van der Waals surface area contributed by atoms with Gasteiger partial charge in [0.1, 0.15) is 0 Å². The van der Waals surface area contributed by atoms with Crippen LogP contribution in [0.15, 0.2) is 89.2 Å². The third-order valence-corrected chi connectivity index (χ3v) is 6.29. The maximum Gasteiger partial charge on any atom is 0.0646 e. The van der Waals surface area contributed by atoms with Crippen LogP contribution in [-0.4, -0.2) is 4.57 Å². The van der Waals surface area contributed by atoms with E-state index in [-0.39, 0.29) is 62.5 Å². The van der Waals surface area contributed by atoms with Gasteiger partial charge in [0.25, 0.3) is 0 Å². The van der Waals surface area contributed by atoms with Crippen molar-refractivity contribution in [1.29, 1.82) is 0 Å². The summed E-state index contributed by atoms with van der Waals surface area (Å²) in [5, 5.41) is 2.47. The van der Waals surface area contributed by atoms with Crippen LogP contribution in [0, 0.1) is 0 Å². The molecule has 0 saturated heterocycles. The fraction of sp³-hybridized carbons (Fsp3) is 0. The molecule has 0 bridgehead atoms. The Morgan fingerprint density at radius 3 is 2.56 bits per heavy atom. The van der Waals surface area contributed by atoms with Gasteiger partial charge in [0.2, 0.25) is 0 Å². The molecule has 2 heterocycles. The zero-order chi connectivity index (χ0) is 24.0. The van der Waals surface area contributed by atoms with E-state index in [0.717, 1.165) is 20.2 Å². The molecule has 0 aliphatic heterocycles. The lowest BCUT2D eigenvalue weighted by atomic mass is 10.1. The predicted molar refractivity (Wildman–Crippen MR) is 121 cm³/mol. The molecule has 0 aliphatic rings. The molecule has 1 nitrogen and oxygen atoms in total. The number of nitrogens with zero attached hydrogens (tertiary/aromatic N) is 1. The van der Waals surface area contributed by atoms with E-state index in [9.17, 15) is 0 Å². The third kappa shape index (κ3) is 2.22. The Hall–Kier alpha value is -2.62. The van der Waals surface area contributed by atoms with Crippen molar-refractivity contribution >= 4 is 69.2 Å². The number of fused-ring (bicyclic) bond motifs is 6. The average molecular weight is 435 g/mol. The molecule has 6 aromatic rings. The third-order valence-electron chi connectivity index (χ3n) is 4.75. The maximum absolute atomic E-state index is 8.72. The SMILES string of the molecule is [2H]c1c([2H])c([2H])c2c(c1[2H])c1c([2H])c(Br)c([2H])c([2H])c1n2-c1ccc2sc3ccccc3c2c1. The Bertz CT molecular complexity index is 1780. The molecule has 0 spiro atoms. The van der Waals surface area contributed by atoms with Crippen molar-refractivity contribution in [3.05, 3.63) is 89.2 Å². The standard InChI is InChI=1S/C24H14BrNS/c25-15-9-11-22-19(13-15)17-5-1-3-7-21(17)26(22)16-10-12-24-20(14-16)18-6-2-4-8-23(18)27-24/h1-14H/i1D,3D,5D,7D,9D,11D,13D. The molecule has 4 aromatic carbocycles. The number of halogens is 1. The predicted octanol–water partition coefficient (Wildman–Crippen LogP) is 7.91. The second-order valence-corrected chi connectivity index (χ2v) is 8.13. The summed E-state index contributed by atoms with van der Waals surface area (Å²) in [6, 6.07) is 12.1. The van der Waals surface area contributed by atoms with E-state index in [0.29, 0.717) is 5.69 Å². The molecule has 128 valence electrons.